The van der Waals surface area contributed by atoms with Crippen LogP contribution >= 0.6 is 0 Å². The van der Waals surface area contributed by atoms with Crippen molar-refractivity contribution in [2.24, 2.45) is 10.7 Å². The summed E-state index contributed by atoms with van der Waals surface area (Å²) >= 11 is 0. The number of guanidine groups is 1. The molecule has 20 heavy (non-hydrogen) atoms. The maximum atomic E-state index is 12.1. The summed E-state index contributed by atoms with van der Waals surface area (Å²) in [7, 11) is -1.76. The van der Waals surface area contributed by atoms with E-state index in [4.69, 9.17) is 5.73 Å². The molecule has 6 heteroatoms. The third-order valence-electron chi connectivity index (χ3n) is 3.00. The Morgan fingerprint density at radius 1 is 1.25 bits per heavy atom. The van der Waals surface area contributed by atoms with Crippen LogP contribution < -0.4 is 11.1 Å². The van der Waals surface area contributed by atoms with Crippen molar-refractivity contribution in [2.45, 2.75) is 31.1 Å². The summed E-state index contributed by atoms with van der Waals surface area (Å²) in [6.07, 6.45) is 0. The molecule has 1 aromatic carbocycles. The first-order chi connectivity index (χ1) is 9.16. The van der Waals surface area contributed by atoms with Gasteiger partial charge in [0, 0.05) is 13.6 Å². The number of nitrogens with two attached hydrogens (primary N) is 1. The van der Waals surface area contributed by atoms with Crippen LogP contribution in [0.5, 0.6) is 0 Å². The maximum Gasteiger partial charge on any atom is 0.188 e. The summed E-state index contributed by atoms with van der Waals surface area (Å²) in [5.74, 6) is 0.223. The van der Waals surface area contributed by atoms with E-state index in [0.29, 0.717) is 4.90 Å². The first kappa shape index (κ1) is 16.5. The second kappa shape index (κ2) is 6.26. The molecule has 0 aliphatic heterocycles. The molecule has 0 aromatic heterocycles. The lowest BCUT2D eigenvalue weighted by Crippen LogP contribution is -2.35. The normalized spacial score (nSPS) is 13.3. The molecule has 0 atom stereocenters. The summed E-state index contributed by atoms with van der Waals surface area (Å²) in [5.41, 5.74) is 6.57. The first-order valence-electron chi connectivity index (χ1n) is 6.46. The Bertz CT molecular complexity index is 569. The average Bonchev–Trinajstić information content (AvgIpc) is 2.37. The highest BCUT2D eigenvalue weighted by Crippen LogP contribution is 2.23. The van der Waals surface area contributed by atoms with Gasteiger partial charge >= 0.3 is 0 Å². The van der Waals surface area contributed by atoms with E-state index in [1.807, 2.05) is 12.1 Å². The van der Waals surface area contributed by atoms with Crippen molar-refractivity contribution in [2.75, 3.05) is 19.3 Å². The molecule has 1 aromatic rings. The molecule has 0 radical (unpaired) electrons. The van der Waals surface area contributed by atoms with Crippen molar-refractivity contribution in [3.8, 4) is 0 Å². The average molecular weight is 297 g/mol. The minimum atomic E-state index is -3.30. The Morgan fingerprint density at radius 3 is 2.25 bits per heavy atom. The zero-order valence-electron chi connectivity index (χ0n) is 12.5. The maximum absolute atomic E-state index is 12.1. The summed E-state index contributed by atoms with van der Waals surface area (Å²) < 4.78 is 24.3. The molecule has 0 amide bonds. The van der Waals surface area contributed by atoms with Gasteiger partial charge in [0.2, 0.25) is 0 Å². The quantitative estimate of drug-likeness (QED) is 0.648. The predicted molar refractivity (Wildman–Crippen MR) is 82.7 cm³/mol. The van der Waals surface area contributed by atoms with Crippen LogP contribution in [0.4, 0.5) is 0 Å². The van der Waals surface area contributed by atoms with Gasteiger partial charge in [-0.3, -0.25) is 4.99 Å². The van der Waals surface area contributed by atoms with Crippen LogP contribution in [-0.4, -0.2) is 33.7 Å². The molecule has 3 N–H and O–H groups in total. The molecule has 0 aliphatic rings. The molecule has 0 unspecified atom stereocenters. The van der Waals surface area contributed by atoms with Gasteiger partial charge in [-0.2, -0.15) is 0 Å². The number of sulfone groups is 1. The van der Waals surface area contributed by atoms with E-state index in [0.717, 1.165) is 5.56 Å². The molecule has 0 heterocycles. The highest BCUT2D eigenvalue weighted by atomic mass is 32.2. The first-order valence-corrected chi connectivity index (χ1v) is 8.11. The fraction of sp³-hybridized carbons (Fsp3) is 0.500. The van der Waals surface area contributed by atoms with Crippen LogP contribution in [-0.2, 0) is 15.3 Å². The van der Waals surface area contributed by atoms with Gasteiger partial charge in [0.15, 0.2) is 15.8 Å². The van der Waals surface area contributed by atoms with E-state index in [1.165, 1.54) is 0 Å². The Kier molecular flexibility index (Phi) is 5.16. The van der Waals surface area contributed by atoms with Crippen molar-refractivity contribution in [1.29, 1.82) is 0 Å². The summed E-state index contributed by atoms with van der Waals surface area (Å²) in [4.78, 5) is 4.04. The lowest BCUT2D eigenvalue weighted by Gasteiger charge is -2.19. The number of nitrogens with one attached hydrogen (secondary N) is 1. The molecule has 5 nitrogen and oxygen atoms in total. The molecular weight excluding hydrogens is 274 g/mol. The molecule has 0 saturated heterocycles. The van der Waals surface area contributed by atoms with E-state index in [-0.39, 0.29) is 23.7 Å². The lowest BCUT2D eigenvalue weighted by atomic mass is 9.87. The summed E-state index contributed by atoms with van der Waals surface area (Å²) in [6, 6.07) is 7.05. The van der Waals surface area contributed by atoms with Crippen LogP contribution in [0.15, 0.2) is 34.2 Å². The third-order valence-corrected chi connectivity index (χ3v) is 4.73. The molecule has 0 spiro atoms. The minimum Gasteiger partial charge on any atom is -0.370 e. The van der Waals surface area contributed by atoms with Crippen molar-refractivity contribution < 1.29 is 8.42 Å². The zero-order chi connectivity index (χ0) is 15.4. The van der Waals surface area contributed by atoms with E-state index in [9.17, 15) is 8.42 Å². The zero-order valence-corrected chi connectivity index (χ0v) is 13.3. The number of rotatable bonds is 4. The van der Waals surface area contributed by atoms with Gasteiger partial charge in [-0.15, -0.1) is 0 Å². The van der Waals surface area contributed by atoms with Crippen molar-refractivity contribution in [3.05, 3.63) is 29.8 Å². The van der Waals surface area contributed by atoms with Gasteiger partial charge in [-0.1, -0.05) is 32.9 Å². The monoisotopic (exact) mass is 297 g/mol. The Morgan fingerprint density at radius 2 is 1.80 bits per heavy atom. The molecule has 1 rings (SSSR count). The largest absolute Gasteiger partial charge is 0.370 e. The molecular formula is C14H23N3O2S. The van der Waals surface area contributed by atoms with Crippen LogP contribution in [0.25, 0.3) is 0 Å². The number of hydrogen-bond acceptors (Lipinski definition) is 3. The fourth-order valence-electron chi connectivity index (χ4n) is 1.67. The number of nitrogens with zero attached hydrogens (tertiary/aromatic N) is 1. The van der Waals surface area contributed by atoms with E-state index in [2.05, 4.69) is 31.1 Å². The van der Waals surface area contributed by atoms with Gasteiger partial charge in [-0.05, 0) is 23.1 Å². The minimum absolute atomic E-state index is 0.00981. The fourth-order valence-corrected chi connectivity index (χ4v) is 2.83. The second-order valence-corrected chi connectivity index (χ2v) is 7.74. The molecule has 0 fully saturated rings. The van der Waals surface area contributed by atoms with Gasteiger partial charge < -0.3 is 11.1 Å². The number of hydrogen-bond donors (Lipinski definition) is 2. The lowest BCUT2D eigenvalue weighted by molar-refractivity contribution is 0.586. The predicted octanol–water partition coefficient (Wildman–Crippen LogP) is 1.29. The standard InChI is InChI=1S/C14H23N3O2S/c1-14(2,3)11-5-7-12(8-6-11)20(18,19)10-9-17-13(15)16-4/h5-8H,9-10H2,1-4H3,(H3,15,16,17). The van der Waals surface area contributed by atoms with Crippen molar-refractivity contribution >= 4 is 15.8 Å². The van der Waals surface area contributed by atoms with Gasteiger partial charge in [0.1, 0.15) is 0 Å². The molecule has 0 aliphatic carbocycles. The van der Waals surface area contributed by atoms with Crippen LogP contribution in [0.2, 0.25) is 0 Å². The Hall–Kier alpha value is -1.56. The Balaban J connectivity index is 2.78. The topological polar surface area (TPSA) is 84.5 Å². The van der Waals surface area contributed by atoms with Gasteiger partial charge in [0.25, 0.3) is 0 Å². The van der Waals surface area contributed by atoms with E-state index >= 15 is 0 Å². The number of benzene rings is 1. The second-order valence-electron chi connectivity index (χ2n) is 5.63. The van der Waals surface area contributed by atoms with Crippen molar-refractivity contribution in [3.63, 3.8) is 0 Å². The highest BCUT2D eigenvalue weighted by molar-refractivity contribution is 7.91. The van der Waals surface area contributed by atoms with Crippen LogP contribution in [0, 0.1) is 0 Å². The SMILES string of the molecule is CN=C(N)NCCS(=O)(=O)c1ccc(C(C)(C)C)cc1. The highest BCUT2D eigenvalue weighted by Gasteiger charge is 2.17. The van der Waals surface area contributed by atoms with Crippen molar-refractivity contribution in [1.82, 2.24) is 5.32 Å². The van der Waals surface area contributed by atoms with Gasteiger partial charge in [-0.25, -0.2) is 8.42 Å². The van der Waals surface area contributed by atoms with Gasteiger partial charge in [0.05, 0.1) is 10.6 Å². The summed E-state index contributed by atoms with van der Waals surface area (Å²) in [5, 5.41) is 2.74. The van der Waals surface area contributed by atoms with Crippen LogP contribution in [0.1, 0.15) is 26.3 Å². The molecule has 112 valence electrons. The smallest absolute Gasteiger partial charge is 0.188 e. The molecule has 0 bridgehead atoms. The van der Waals surface area contributed by atoms with E-state index < -0.39 is 9.84 Å². The number of aliphatic imine (C=N–C) groups is 1. The van der Waals surface area contributed by atoms with E-state index in [1.54, 1.807) is 19.2 Å². The summed E-state index contributed by atoms with van der Waals surface area (Å²) in [6.45, 7) is 6.51. The third kappa shape index (κ3) is 4.52. The molecule has 0 saturated carbocycles. The van der Waals surface area contributed by atoms with Crippen LogP contribution in [0.3, 0.4) is 0 Å². The Labute approximate surface area is 121 Å².